The highest BCUT2D eigenvalue weighted by atomic mass is 32.2. The molecule has 0 saturated carbocycles. The smallest absolute Gasteiger partial charge is 0.264 e. The van der Waals surface area contributed by atoms with Crippen LogP contribution in [-0.4, -0.2) is 43.8 Å². The van der Waals surface area contributed by atoms with E-state index in [1.807, 2.05) is 102 Å². The Kier molecular flexibility index (Phi) is 11.4. The molecule has 0 unspecified atom stereocenters. The number of benzene rings is 4. The van der Waals surface area contributed by atoms with Crippen LogP contribution < -0.4 is 9.62 Å². The fourth-order valence-electron chi connectivity index (χ4n) is 5.25. The van der Waals surface area contributed by atoms with Crippen molar-refractivity contribution in [3.05, 3.63) is 130 Å². The third kappa shape index (κ3) is 8.63. The van der Waals surface area contributed by atoms with Crippen LogP contribution in [0.15, 0.2) is 102 Å². The van der Waals surface area contributed by atoms with Crippen molar-refractivity contribution in [1.82, 2.24) is 10.2 Å². The van der Waals surface area contributed by atoms with Crippen molar-refractivity contribution < 1.29 is 18.0 Å². The van der Waals surface area contributed by atoms with Crippen molar-refractivity contribution in [3.63, 3.8) is 0 Å². The van der Waals surface area contributed by atoms with Gasteiger partial charge < -0.3 is 10.2 Å². The maximum Gasteiger partial charge on any atom is 0.264 e. The highest BCUT2D eigenvalue weighted by Crippen LogP contribution is 2.27. The fraction of sp³-hybridized carbons (Fsp3) is 0.316. The number of anilines is 1. The predicted molar refractivity (Wildman–Crippen MR) is 185 cm³/mol. The molecule has 2 amide bonds. The van der Waals surface area contributed by atoms with E-state index in [1.165, 1.54) is 9.21 Å². The molecule has 46 heavy (non-hydrogen) atoms. The van der Waals surface area contributed by atoms with Gasteiger partial charge in [-0.2, -0.15) is 0 Å². The first kappa shape index (κ1) is 34.4. The highest BCUT2D eigenvalue weighted by molar-refractivity contribution is 7.92. The first-order chi connectivity index (χ1) is 21.9. The normalized spacial score (nSPS) is 12.7. The van der Waals surface area contributed by atoms with Gasteiger partial charge in [0, 0.05) is 19.0 Å². The van der Waals surface area contributed by atoms with Crippen LogP contribution in [0.25, 0.3) is 0 Å². The molecule has 0 bridgehead atoms. The number of hydrogen-bond donors (Lipinski definition) is 1. The molecule has 4 rings (SSSR count). The Balaban J connectivity index is 1.83. The quantitative estimate of drug-likeness (QED) is 0.177. The Morgan fingerprint density at radius 1 is 0.761 bits per heavy atom. The Morgan fingerprint density at radius 2 is 1.43 bits per heavy atom. The molecular weight excluding hydrogens is 595 g/mol. The monoisotopic (exact) mass is 639 g/mol. The van der Waals surface area contributed by atoms with E-state index in [0.717, 1.165) is 39.8 Å². The van der Waals surface area contributed by atoms with Gasteiger partial charge >= 0.3 is 0 Å². The Morgan fingerprint density at radius 3 is 2.07 bits per heavy atom. The first-order valence-corrected chi connectivity index (χ1v) is 17.2. The minimum Gasteiger partial charge on any atom is -0.352 e. The standard InChI is InChI=1S/C38H45N3O4S/c1-7-31(6)39-38(43)36(24-32-13-9-8-10-14-32)40(25-33-15-11-12-28(3)22-33)37(42)26-41(34-19-18-29(4)30(5)23-34)46(44,45)35-20-16-27(2)17-21-35/h8-23,31,36H,7,24-26H2,1-6H3,(H,39,43)/t31-,36+/m0/s1. The topological polar surface area (TPSA) is 86.8 Å². The summed E-state index contributed by atoms with van der Waals surface area (Å²) < 4.78 is 29.7. The van der Waals surface area contributed by atoms with Gasteiger partial charge in [0.25, 0.3) is 10.0 Å². The zero-order chi connectivity index (χ0) is 33.4. The maximum absolute atomic E-state index is 14.6. The fourth-order valence-corrected chi connectivity index (χ4v) is 6.66. The minimum atomic E-state index is -4.15. The lowest BCUT2D eigenvalue weighted by Crippen LogP contribution is -2.54. The summed E-state index contributed by atoms with van der Waals surface area (Å²) in [6.45, 7) is 11.3. The van der Waals surface area contributed by atoms with E-state index in [1.54, 1.807) is 36.4 Å². The highest BCUT2D eigenvalue weighted by Gasteiger charge is 2.35. The van der Waals surface area contributed by atoms with E-state index in [2.05, 4.69) is 5.32 Å². The van der Waals surface area contributed by atoms with Crippen molar-refractivity contribution in [2.24, 2.45) is 0 Å². The van der Waals surface area contributed by atoms with Gasteiger partial charge in [0.15, 0.2) is 0 Å². The molecule has 8 heteroatoms. The maximum atomic E-state index is 14.6. The molecule has 242 valence electrons. The zero-order valence-electron chi connectivity index (χ0n) is 27.7. The summed E-state index contributed by atoms with van der Waals surface area (Å²) in [6.07, 6.45) is 1.000. The lowest BCUT2D eigenvalue weighted by Gasteiger charge is -2.34. The van der Waals surface area contributed by atoms with Crippen molar-refractivity contribution in [1.29, 1.82) is 0 Å². The van der Waals surface area contributed by atoms with E-state index in [0.29, 0.717) is 5.69 Å². The van der Waals surface area contributed by atoms with Crippen LogP contribution >= 0.6 is 0 Å². The van der Waals surface area contributed by atoms with Crippen LogP contribution in [0.5, 0.6) is 0 Å². The molecule has 0 radical (unpaired) electrons. The van der Waals surface area contributed by atoms with Gasteiger partial charge in [0.05, 0.1) is 10.6 Å². The van der Waals surface area contributed by atoms with Gasteiger partial charge in [-0.15, -0.1) is 0 Å². The number of rotatable bonds is 13. The third-order valence-corrected chi connectivity index (χ3v) is 10.2. The van der Waals surface area contributed by atoms with E-state index < -0.39 is 28.5 Å². The van der Waals surface area contributed by atoms with Crippen LogP contribution in [0.4, 0.5) is 5.69 Å². The molecule has 0 heterocycles. The summed E-state index contributed by atoms with van der Waals surface area (Å²) in [5, 5.41) is 3.08. The third-order valence-electron chi connectivity index (χ3n) is 8.37. The largest absolute Gasteiger partial charge is 0.352 e. The van der Waals surface area contributed by atoms with Crippen molar-refractivity contribution in [2.45, 2.75) is 77.9 Å². The molecule has 0 aromatic heterocycles. The van der Waals surface area contributed by atoms with Crippen molar-refractivity contribution in [2.75, 3.05) is 10.8 Å². The number of hydrogen-bond acceptors (Lipinski definition) is 4. The number of carbonyl (C=O) groups is 2. The lowest BCUT2D eigenvalue weighted by atomic mass is 10.0. The second-order valence-electron chi connectivity index (χ2n) is 12.1. The summed E-state index contributed by atoms with van der Waals surface area (Å²) in [5.41, 5.74) is 5.99. The first-order valence-electron chi connectivity index (χ1n) is 15.7. The number of nitrogens with one attached hydrogen (secondary N) is 1. The second kappa shape index (κ2) is 15.2. The average molecular weight is 640 g/mol. The molecule has 0 spiro atoms. The zero-order valence-corrected chi connectivity index (χ0v) is 28.5. The molecule has 4 aromatic carbocycles. The molecule has 2 atom stereocenters. The Labute approximate surface area is 274 Å². The molecule has 0 saturated heterocycles. The number of nitrogens with zero attached hydrogens (tertiary/aromatic N) is 2. The molecule has 7 nitrogen and oxygen atoms in total. The number of sulfonamides is 1. The predicted octanol–water partition coefficient (Wildman–Crippen LogP) is 6.67. The van der Waals surface area contributed by atoms with Gasteiger partial charge in [0.2, 0.25) is 11.8 Å². The van der Waals surface area contributed by atoms with E-state index in [9.17, 15) is 18.0 Å². The van der Waals surface area contributed by atoms with Gasteiger partial charge in [-0.3, -0.25) is 13.9 Å². The summed E-state index contributed by atoms with van der Waals surface area (Å²) in [4.78, 5) is 30.2. The Bertz CT molecular complexity index is 1750. The summed E-state index contributed by atoms with van der Waals surface area (Å²) in [7, 11) is -4.15. The number of amides is 2. The van der Waals surface area contributed by atoms with Crippen LogP contribution in [0.3, 0.4) is 0 Å². The summed E-state index contributed by atoms with van der Waals surface area (Å²) in [6, 6.07) is 28.4. The number of aryl methyl sites for hydroxylation is 4. The molecule has 4 aromatic rings. The van der Waals surface area contributed by atoms with Crippen molar-refractivity contribution in [3.8, 4) is 0 Å². The van der Waals surface area contributed by atoms with Gasteiger partial charge in [0.1, 0.15) is 12.6 Å². The van der Waals surface area contributed by atoms with Crippen molar-refractivity contribution >= 4 is 27.5 Å². The summed E-state index contributed by atoms with van der Waals surface area (Å²) in [5.74, 6) is -0.756. The van der Waals surface area contributed by atoms with E-state index in [-0.39, 0.29) is 29.8 Å². The lowest BCUT2D eigenvalue weighted by molar-refractivity contribution is -0.140. The average Bonchev–Trinajstić information content (AvgIpc) is 3.03. The molecule has 0 aliphatic heterocycles. The van der Waals surface area contributed by atoms with Crippen LogP contribution in [-0.2, 0) is 32.6 Å². The van der Waals surface area contributed by atoms with Gasteiger partial charge in [-0.1, -0.05) is 90.8 Å². The molecular formula is C38H45N3O4S. The van der Waals surface area contributed by atoms with E-state index >= 15 is 0 Å². The molecule has 0 aliphatic rings. The molecule has 0 aliphatic carbocycles. The molecule has 0 fully saturated rings. The summed E-state index contributed by atoms with van der Waals surface area (Å²) >= 11 is 0. The second-order valence-corrected chi connectivity index (χ2v) is 14.0. The minimum absolute atomic E-state index is 0.0877. The van der Waals surface area contributed by atoms with Gasteiger partial charge in [-0.25, -0.2) is 8.42 Å². The SMILES string of the molecule is CC[C@H](C)NC(=O)[C@@H](Cc1ccccc1)N(Cc1cccc(C)c1)C(=O)CN(c1ccc(C)c(C)c1)S(=O)(=O)c1ccc(C)cc1. The van der Waals surface area contributed by atoms with Crippen LogP contribution in [0.2, 0.25) is 0 Å². The van der Waals surface area contributed by atoms with Crippen LogP contribution in [0, 0.1) is 27.7 Å². The van der Waals surface area contributed by atoms with Crippen LogP contribution in [0.1, 0.15) is 53.6 Å². The Hall–Kier alpha value is -4.43. The van der Waals surface area contributed by atoms with Gasteiger partial charge in [-0.05, 0) is 87.6 Å². The molecule has 1 N–H and O–H groups in total. The van der Waals surface area contributed by atoms with E-state index in [4.69, 9.17) is 0 Å². The number of carbonyl (C=O) groups excluding carboxylic acids is 2.